The molecule has 0 bridgehead atoms. The first-order valence-electron chi connectivity index (χ1n) is 6.78. The van der Waals surface area contributed by atoms with Gasteiger partial charge in [-0.05, 0) is 30.0 Å². The van der Waals surface area contributed by atoms with Crippen LogP contribution in [0.2, 0.25) is 0 Å². The third-order valence-electron chi connectivity index (χ3n) is 3.80. The van der Waals surface area contributed by atoms with Crippen LogP contribution >= 0.6 is 0 Å². The van der Waals surface area contributed by atoms with Gasteiger partial charge < -0.3 is 10.2 Å². The van der Waals surface area contributed by atoms with Crippen LogP contribution in [0.5, 0.6) is 0 Å². The lowest BCUT2D eigenvalue weighted by Crippen LogP contribution is -2.46. The lowest BCUT2D eigenvalue weighted by atomic mass is 9.98. The third-order valence-corrected chi connectivity index (χ3v) is 5.61. The Labute approximate surface area is 124 Å². The van der Waals surface area contributed by atoms with Gasteiger partial charge in [-0.15, -0.1) is 0 Å². The molecule has 0 saturated carbocycles. The molecule has 2 atom stereocenters. The Hall–Kier alpha value is -1.44. The number of aromatic carboxylic acids is 1. The van der Waals surface area contributed by atoms with Gasteiger partial charge in [0.25, 0.3) is 0 Å². The number of sulfonamides is 1. The molecule has 0 radical (unpaired) electrons. The average Bonchev–Trinajstić information content (AvgIpc) is 2.41. The molecule has 0 amide bonds. The van der Waals surface area contributed by atoms with Crippen LogP contribution in [0.3, 0.4) is 0 Å². The van der Waals surface area contributed by atoms with Gasteiger partial charge in [0.15, 0.2) is 0 Å². The number of carboxylic acid groups (broad SMARTS) is 1. The van der Waals surface area contributed by atoms with Crippen molar-refractivity contribution in [2.24, 2.45) is 5.92 Å². The first-order chi connectivity index (χ1) is 9.79. The standard InChI is InChI=1S/C14H19NO5S/c1-10-5-6-15(8-13(10)16)21(19,20)9-11-3-2-4-12(7-11)14(17)18/h2-4,7,10,13,16H,5-6,8-9H2,1H3,(H,17,18). The lowest BCUT2D eigenvalue weighted by molar-refractivity contribution is 0.0604. The Balaban J connectivity index is 2.14. The number of carbonyl (C=O) groups is 1. The molecular weight excluding hydrogens is 294 g/mol. The van der Waals surface area contributed by atoms with Crippen LogP contribution in [0.15, 0.2) is 24.3 Å². The Morgan fingerprint density at radius 1 is 1.43 bits per heavy atom. The molecule has 1 saturated heterocycles. The monoisotopic (exact) mass is 313 g/mol. The lowest BCUT2D eigenvalue weighted by Gasteiger charge is -2.33. The molecule has 1 aromatic rings. The van der Waals surface area contributed by atoms with E-state index < -0.39 is 22.1 Å². The van der Waals surface area contributed by atoms with Crippen LogP contribution < -0.4 is 0 Å². The predicted octanol–water partition coefficient (Wildman–Crippen LogP) is 0.917. The zero-order chi connectivity index (χ0) is 15.6. The van der Waals surface area contributed by atoms with Crippen molar-refractivity contribution in [3.05, 3.63) is 35.4 Å². The molecule has 1 heterocycles. The van der Waals surface area contributed by atoms with Crippen molar-refractivity contribution in [2.45, 2.75) is 25.2 Å². The molecule has 0 aliphatic carbocycles. The highest BCUT2D eigenvalue weighted by atomic mass is 32.2. The first-order valence-corrected chi connectivity index (χ1v) is 8.38. The van der Waals surface area contributed by atoms with Crippen molar-refractivity contribution in [3.63, 3.8) is 0 Å². The van der Waals surface area contributed by atoms with Crippen LogP contribution in [-0.4, -0.2) is 48.1 Å². The molecule has 6 nitrogen and oxygen atoms in total. The van der Waals surface area contributed by atoms with Gasteiger partial charge in [0.1, 0.15) is 0 Å². The van der Waals surface area contributed by atoms with Gasteiger partial charge in [-0.3, -0.25) is 0 Å². The maximum atomic E-state index is 12.4. The second-order valence-corrected chi connectivity index (χ2v) is 7.42. The molecular formula is C14H19NO5S. The third kappa shape index (κ3) is 3.81. The van der Waals surface area contributed by atoms with E-state index in [0.717, 1.165) is 0 Å². The van der Waals surface area contributed by atoms with Crippen LogP contribution in [-0.2, 0) is 15.8 Å². The van der Waals surface area contributed by atoms with Gasteiger partial charge in [0.2, 0.25) is 10.0 Å². The number of rotatable bonds is 4. The zero-order valence-electron chi connectivity index (χ0n) is 11.8. The summed E-state index contributed by atoms with van der Waals surface area (Å²) in [7, 11) is -3.55. The summed E-state index contributed by atoms with van der Waals surface area (Å²) in [6.07, 6.45) is -0.0332. The fourth-order valence-corrected chi connectivity index (χ4v) is 3.92. The van der Waals surface area contributed by atoms with E-state index in [2.05, 4.69) is 0 Å². The van der Waals surface area contributed by atoms with E-state index in [1.165, 1.54) is 22.5 Å². The second-order valence-electron chi connectivity index (χ2n) is 5.45. The molecule has 0 aromatic heterocycles. The summed E-state index contributed by atoms with van der Waals surface area (Å²) in [4.78, 5) is 10.9. The maximum Gasteiger partial charge on any atom is 0.335 e. The molecule has 116 valence electrons. The van der Waals surface area contributed by atoms with Crippen molar-refractivity contribution >= 4 is 16.0 Å². The van der Waals surface area contributed by atoms with Crippen molar-refractivity contribution in [1.29, 1.82) is 0 Å². The van der Waals surface area contributed by atoms with E-state index in [4.69, 9.17) is 5.11 Å². The van der Waals surface area contributed by atoms with Crippen LogP contribution in [0, 0.1) is 5.92 Å². The molecule has 2 N–H and O–H groups in total. The summed E-state index contributed by atoms with van der Waals surface area (Å²) in [6.45, 7) is 2.38. The topological polar surface area (TPSA) is 94.9 Å². The minimum atomic E-state index is -3.55. The normalized spacial score (nSPS) is 23.9. The van der Waals surface area contributed by atoms with Crippen molar-refractivity contribution in [3.8, 4) is 0 Å². The Morgan fingerprint density at radius 3 is 2.76 bits per heavy atom. The van der Waals surface area contributed by atoms with Crippen molar-refractivity contribution in [1.82, 2.24) is 4.31 Å². The quantitative estimate of drug-likeness (QED) is 0.862. The summed E-state index contributed by atoms with van der Waals surface area (Å²) in [5, 5.41) is 18.7. The number of carboxylic acids is 1. The number of hydrogen-bond acceptors (Lipinski definition) is 4. The van der Waals surface area contributed by atoms with Gasteiger partial charge in [-0.2, -0.15) is 4.31 Å². The summed E-state index contributed by atoms with van der Waals surface area (Å²) in [5.41, 5.74) is 0.498. The van der Waals surface area contributed by atoms with Gasteiger partial charge in [-0.25, -0.2) is 13.2 Å². The first kappa shape index (κ1) is 15.9. The fraction of sp³-hybridized carbons (Fsp3) is 0.500. The highest BCUT2D eigenvalue weighted by Crippen LogP contribution is 2.21. The summed E-state index contributed by atoms with van der Waals surface area (Å²) in [6, 6.07) is 5.90. The summed E-state index contributed by atoms with van der Waals surface area (Å²) >= 11 is 0. The number of β-amino-alcohol motifs (C(OH)–C–C–N with tert-alkyl or cyclic N) is 1. The molecule has 2 unspecified atom stereocenters. The summed E-state index contributed by atoms with van der Waals surface area (Å²) in [5.74, 6) is -1.25. The Kier molecular flexibility index (Phi) is 4.65. The average molecular weight is 313 g/mol. The maximum absolute atomic E-state index is 12.4. The Morgan fingerprint density at radius 2 is 2.14 bits per heavy atom. The Bertz CT molecular complexity index is 628. The predicted molar refractivity (Wildman–Crippen MR) is 77.4 cm³/mol. The molecule has 1 fully saturated rings. The number of hydrogen-bond donors (Lipinski definition) is 2. The molecule has 2 rings (SSSR count). The molecule has 1 aromatic carbocycles. The number of aliphatic hydroxyl groups is 1. The zero-order valence-corrected chi connectivity index (χ0v) is 12.6. The number of piperidine rings is 1. The minimum absolute atomic E-state index is 0.0648. The molecule has 1 aliphatic rings. The van der Waals surface area contributed by atoms with E-state index in [-0.39, 0.29) is 23.8 Å². The van der Waals surface area contributed by atoms with Gasteiger partial charge in [0, 0.05) is 13.1 Å². The van der Waals surface area contributed by atoms with E-state index in [9.17, 15) is 18.3 Å². The van der Waals surface area contributed by atoms with E-state index in [0.29, 0.717) is 18.5 Å². The SMILES string of the molecule is CC1CCN(S(=O)(=O)Cc2cccc(C(=O)O)c2)CC1O. The van der Waals surface area contributed by atoms with Gasteiger partial charge >= 0.3 is 5.97 Å². The number of nitrogens with zero attached hydrogens (tertiary/aromatic N) is 1. The summed E-state index contributed by atoms with van der Waals surface area (Å²) < 4.78 is 26.0. The second kappa shape index (κ2) is 6.13. The van der Waals surface area contributed by atoms with Crippen LogP contribution in [0.25, 0.3) is 0 Å². The molecule has 21 heavy (non-hydrogen) atoms. The van der Waals surface area contributed by atoms with Gasteiger partial charge in [-0.1, -0.05) is 19.1 Å². The van der Waals surface area contributed by atoms with E-state index in [1.54, 1.807) is 6.07 Å². The number of benzene rings is 1. The highest BCUT2D eigenvalue weighted by molar-refractivity contribution is 7.88. The van der Waals surface area contributed by atoms with Crippen molar-refractivity contribution in [2.75, 3.05) is 13.1 Å². The largest absolute Gasteiger partial charge is 0.478 e. The molecule has 1 aliphatic heterocycles. The highest BCUT2D eigenvalue weighted by Gasteiger charge is 2.31. The van der Waals surface area contributed by atoms with Gasteiger partial charge in [0.05, 0.1) is 17.4 Å². The van der Waals surface area contributed by atoms with Crippen LogP contribution in [0.4, 0.5) is 0 Å². The van der Waals surface area contributed by atoms with Crippen LogP contribution in [0.1, 0.15) is 29.3 Å². The number of aliphatic hydroxyl groups excluding tert-OH is 1. The van der Waals surface area contributed by atoms with E-state index >= 15 is 0 Å². The smallest absolute Gasteiger partial charge is 0.335 e. The minimum Gasteiger partial charge on any atom is -0.478 e. The molecule has 0 spiro atoms. The van der Waals surface area contributed by atoms with E-state index in [1.807, 2.05) is 6.92 Å². The molecule has 7 heteroatoms. The van der Waals surface area contributed by atoms with Crippen molar-refractivity contribution < 1.29 is 23.4 Å². The fourth-order valence-electron chi connectivity index (χ4n) is 2.37.